The van der Waals surface area contributed by atoms with Crippen LogP contribution in [0.3, 0.4) is 0 Å². The summed E-state index contributed by atoms with van der Waals surface area (Å²) in [6.45, 7) is 5.69. The minimum absolute atomic E-state index is 0.262. The molecule has 0 aromatic heterocycles. The zero-order valence-corrected chi connectivity index (χ0v) is 14.7. The first-order valence-electron chi connectivity index (χ1n) is 7.72. The normalized spacial score (nSPS) is 11.5. The molecule has 0 bridgehead atoms. The number of nitrogens with one attached hydrogen (secondary N) is 1. The standard InChI is InChI=1S/C19H23NO4/c1-12-7-6-8-17(13(12)2)24-14(3)19(21)20-16-11-15(22-4)9-10-18(16)23-5/h6-11,14H,1-5H3,(H,20,21)/t14-/m0/s1. The molecule has 0 fully saturated rings. The molecule has 2 aromatic carbocycles. The molecule has 1 atom stereocenters. The van der Waals surface area contributed by atoms with Crippen molar-refractivity contribution >= 4 is 11.6 Å². The molecular weight excluding hydrogens is 306 g/mol. The lowest BCUT2D eigenvalue weighted by atomic mass is 10.1. The van der Waals surface area contributed by atoms with E-state index in [2.05, 4.69) is 5.32 Å². The van der Waals surface area contributed by atoms with Crippen LogP contribution in [-0.4, -0.2) is 26.2 Å². The molecule has 0 unspecified atom stereocenters. The van der Waals surface area contributed by atoms with Crippen LogP contribution in [0.4, 0.5) is 5.69 Å². The summed E-state index contributed by atoms with van der Waals surface area (Å²) in [5, 5.41) is 2.82. The second-order valence-corrected chi connectivity index (χ2v) is 5.51. The fraction of sp³-hybridized carbons (Fsp3) is 0.316. The summed E-state index contributed by atoms with van der Waals surface area (Å²) in [5.41, 5.74) is 2.68. The highest BCUT2D eigenvalue weighted by molar-refractivity contribution is 5.95. The highest BCUT2D eigenvalue weighted by atomic mass is 16.5. The zero-order valence-electron chi connectivity index (χ0n) is 14.7. The largest absolute Gasteiger partial charge is 0.497 e. The molecule has 0 spiro atoms. The molecule has 1 N–H and O–H groups in total. The summed E-state index contributed by atoms with van der Waals surface area (Å²) < 4.78 is 16.3. The van der Waals surface area contributed by atoms with Gasteiger partial charge in [0.1, 0.15) is 17.2 Å². The number of rotatable bonds is 6. The Bertz CT molecular complexity index is 727. The SMILES string of the molecule is COc1ccc(OC)c(NC(=O)[C@H](C)Oc2cccc(C)c2C)c1. The Morgan fingerprint density at radius 2 is 1.79 bits per heavy atom. The average molecular weight is 329 g/mol. The van der Waals surface area contributed by atoms with Gasteiger partial charge in [0.25, 0.3) is 5.91 Å². The molecule has 1 amide bonds. The van der Waals surface area contributed by atoms with E-state index in [0.717, 1.165) is 11.1 Å². The maximum atomic E-state index is 12.4. The number of carbonyl (C=O) groups is 1. The van der Waals surface area contributed by atoms with Gasteiger partial charge >= 0.3 is 0 Å². The van der Waals surface area contributed by atoms with Crippen LogP contribution in [0.1, 0.15) is 18.1 Å². The molecule has 0 aliphatic heterocycles. The van der Waals surface area contributed by atoms with Gasteiger partial charge in [-0.2, -0.15) is 0 Å². The zero-order chi connectivity index (χ0) is 17.7. The van der Waals surface area contributed by atoms with Gasteiger partial charge in [0.15, 0.2) is 6.10 Å². The summed E-state index contributed by atoms with van der Waals surface area (Å²) in [6.07, 6.45) is -0.651. The van der Waals surface area contributed by atoms with Crippen LogP contribution in [0.2, 0.25) is 0 Å². The maximum absolute atomic E-state index is 12.4. The maximum Gasteiger partial charge on any atom is 0.265 e. The van der Waals surface area contributed by atoms with Gasteiger partial charge in [-0.1, -0.05) is 12.1 Å². The molecule has 0 aliphatic carbocycles. The van der Waals surface area contributed by atoms with Gasteiger partial charge in [-0.25, -0.2) is 0 Å². The Morgan fingerprint density at radius 3 is 2.46 bits per heavy atom. The van der Waals surface area contributed by atoms with Gasteiger partial charge in [-0.05, 0) is 50.1 Å². The smallest absolute Gasteiger partial charge is 0.265 e. The number of benzene rings is 2. The second kappa shape index (κ2) is 7.73. The van der Waals surface area contributed by atoms with Crippen LogP contribution in [0.15, 0.2) is 36.4 Å². The summed E-state index contributed by atoms with van der Waals surface area (Å²) in [7, 11) is 3.12. The summed E-state index contributed by atoms with van der Waals surface area (Å²) in [6, 6.07) is 11.0. The Kier molecular flexibility index (Phi) is 5.68. The number of hydrogen-bond donors (Lipinski definition) is 1. The van der Waals surface area contributed by atoms with Crippen molar-refractivity contribution < 1.29 is 19.0 Å². The number of amides is 1. The lowest BCUT2D eigenvalue weighted by molar-refractivity contribution is -0.122. The fourth-order valence-electron chi connectivity index (χ4n) is 2.24. The molecule has 0 radical (unpaired) electrons. The number of hydrogen-bond acceptors (Lipinski definition) is 4. The molecule has 24 heavy (non-hydrogen) atoms. The van der Waals surface area contributed by atoms with Gasteiger partial charge < -0.3 is 19.5 Å². The predicted octanol–water partition coefficient (Wildman–Crippen LogP) is 3.73. The molecule has 128 valence electrons. The van der Waals surface area contributed by atoms with E-state index in [0.29, 0.717) is 22.9 Å². The van der Waals surface area contributed by atoms with E-state index in [9.17, 15) is 4.79 Å². The first kappa shape index (κ1) is 17.7. The van der Waals surface area contributed by atoms with Crippen molar-refractivity contribution in [1.82, 2.24) is 0 Å². The molecule has 0 heterocycles. The monoisotopic (exact) mass is 329 g/mol. The van der Waals surface area contributed by atoms with Gasteiger partial charge in [0, 0.05) is 6.07 Å². The molecule has 0 saturated heterocycles. The van der Waals surface area contributed by atoms with Gasteiger partial charge in [-0.3, -0.25) is 4.79 Å². The van der Waals surface area contributed by atoms with Crippen LogP contribution >= 0.6 is 0 Å². The van der Waals surface area contributed by atoms with Gasteiger partial charge in [-0.15, -0.1) is 0 Å². The third-order valence-electron chi connectivity index (χ3n) is 3.89. The van der Waals surface area contributed by atoms with E-state index >= 15 is 0 Å². The van der Waals surface area contributed by atoms with Crippen molar-refractivity contribution in [2.75, 3.05) is 19.5 Å². The van der Waals surface area contributed by atoms with Crippen LogP contribution in [0.25, 0.3) is 0 Å². The van der Waals surface area contributed by atoms with E-state index < -0.39 is 6.10 Å². The summed E-state index contributed by atoms with van der Waals surface area (Å²) in [4.78, 5) is 12.4. The van der Waals surface area contributed by atoms with Crippen LogP contribution in [0, 0.1) is 13.8 Å². The Hall–Kier alpha value is -2.69. The van der Waals surface area contributed by atoms with Crippen LogP contribution in [0.5, 0.6) is 17.2 Å². The predicted molar refractivity (Wildman–Crippen MR) is 94.2 cm³/mol. The van der Waals surface area contributed by atoms with E-state index in [1.165, 1.54) is 0 Å². The first-order chi connectivity index (χ1) is 11.5. The Labute approximate surface area is 142 Å². The van der Waals surface area contributed by atoms with E-state index in [1.54, 1.807) is 39.3 Å². The molecule has 0 aliphatic rings. The Morgan fingerprint density at radius 1 is 1.04 bits per heavy atom. The fourth-order valence-corrected chi connectivity index (χ4v) is 2.24. The van der Waals surface area contributed by atoms with Gasteiger partial charge in [0.2, 0.25) is 0 Å². The number of ether oxygens (including phenoxy) is 3. The molecular formula is C19H23NO4. The van der Waals surface area contributed by atoms with Gasteiger partial charge in [0.05, 0.1) is 19.9 Å². The number of methoxy groups -OCH3 is 2. The number of carbonyl (C=O) groups excluding carboxylic acids is 1. The van der Waals surface area contributed by atoms with Crippen molar-refractivity contribution in [2.45, 2.75) is 26.9 Å². The van der Waals surface area contributed by atoms with Crippen molar-refractivity contribution in [1.29, 1.82) is 0 Å². The number of aryl methyl sites for hydroxylation is 1. The quantitative estimate of drug-likeness (QED) is 0.877. The molecule has 5 heteroatoms. The van der Waals surface area contributed by atoms with Crippen molar-refractivity contribution in [2.24, 2.45) is 0 Å². The number of anilines is 1. The van der Waals surface area contributed by atoms with E-state index in [4.69, 9.17) is 14.2 Å². The second-order valence-electron chi connectivity index (χ2n) is 5.51. The summed E-state index contributed by atoms with van der Waals surface area (Å²) >= 11 is 0. The lowest BCUT2D eigenvalue weighted by Gasteiger charge is -2.18. The topological polar surface area (TPSA) is 56.8 Å². The average Bonchev–Trinajstić information content (AvgIpc) is 2.58. The molecule has 5 nitrogen and oxygen atoms in total. The van der Waals surface area contributed by atoms with E-state index in [1.807, 2.05) is 32.0 Å². The minimum Gasteiger partial charge on any atom is -0.497 e. The Balaban J connectivity index is 2.13. The third kappa shape index (κ3) is 3.98. The van der Waals surface area contributed by atoms with Crippen molar-refractivity contribution in [3.63, 3.8) is 0 Å². The summed E-state index contributed by atoms with van der Waals surface area (Å²) in [5.74, 6) is 1.63. The van der Waals surface area contributed by atoms with Crippen molar-refractivity contribution in [3.8, 4) is 17.2 Å². The van der Waals surface area contributed by atoms with Crippen LogP contribution in [-0.2, 0) is 4.79 Å². The minimum atomic E-state index is -0.651. The molecule has 2 aromatic rings. The first-order valence-corrected chi connectivity index (χ1v) is 7.72. The van der Waals surface area contributed by atoms with Crippen LogP contribution < -0.4 is 19.5 Å². The van der Waals surface area contributed by atoms with E-state index in [-0.39, 0.29) is 5.91 Å². The molecule has 0 saturated carbocycles. The molecule has 2 rings (SSSR count). The highest BCUT2D eigenvalue weighted by Crippen LogP contribution is 2.29. The van der Waals surface area contributed by atoms with Crippen molar-refractivity contribution in [3.05, 3.63) is 47.5 Å². The third-order valence-corrected chi connectivity index (χ3v) is 3.89. The lowest BCUT2D eigenvalue weighted by Crippen LogP contribution is -2.30. The highest BCUT2D eigenvalue weighted by Gasteiger charge is 2.18.